The summed E-state index contributed by atoms with van der Waals surface area (Å²) in [5.74, 6) is 1.10. The standard InChI is InChI=1S/C12H15N5S/c1-8(2)17(6-3-5-13)10-9-4-7-18-11(9)16-12(14)15-10/h4,7-8H,3,6H2,1-2H3,(H2,14,15,16). The molecule has 94 valence electrons. The summed E-state index contributed by atoms with van der Waals surface area (Å²) in [6.07, 6.45) is 0.466. The van der Waals surface area contributed by atoms with Gasteiger partial charge in [0.1, 0.15) is 10.6 Å². The number of nitrogen functional groups attached to an aromatic ring is 1. The van der Waals surface area contributed by atoms with Crippen molar-refractivity contribution in [1.29, 1.82) is 5.26 Å². The lowest BCUT2D eigenvalue weighted by Crippen LogP contribution is -2.32. The molecule has 0 bridgehead atoms. The van der Waals surface area contributed by atoms with Crippen molar-refractivity contribution in [3.8, 4) is 6.07 Å². The molecule has 0 spiro atoms. The van der Waals surface area contributed by atoms with Gasteiger partial charge in [-0.1, -0.05) is 0 Å². The van der Waals surface area contributed by atoms with Crippen LogP contribution in [0.4, 0.5) is 11.8 Å². The molecule has 0 atom stereocenters. The van der Waals surface area contributed by atoms with Crippen molar-refractivity contribution in [2.24, 2.45) is 0 Å². The molecular weight excluding hydrogens is 246 g/mol. The van der Waals surface area contributed by atoms with Crippen molar-refractivity contribution in [2.45, 2.75) is 26.3 Å². The van der Waals surface area contributed by atoms with E-state index in [-0.39, 0.29) is 12.0 Å². The van der Waals surface area contributed by atoms with Gasteiger partial charge in [0.15, 0.2) is 0 Å². The number of thiophene rings is 1. The molecule has 2 aromatic heterocycles. The molecule has 0 aliphatic heterocycles. The summed E-state index contributed by atoms with van der Waals surface area (Å²) in [6.45, 7) is 4.80. The van der Waals surface area contributed by atoms with E-state index in [1.54, 1.807) is 11.3 Å². The van der Waals surface area contributed by atoms with Gasteiger partial charge in [0.05, 0.1) is 17.9 Å². The van der Waals surface area contributed by atoms with Crippen molar-refractivity contribution in [3.05, 3.63) is 11.4 Å². The Bertz CT molecular complexity index is 584. The number of hydrogen-bond acceptors (Lipinski definition) is 6. The largest absolute Gasteiger partial charge is 0.368 e. The number of aromatic nitrogens is 2. The third kappa shape index (κ3) is 2.36. The van der Waals surface area contributed by atoms with Crippen molar-refractivity contribution in [3.63, 3.8) is 0 Å². The zero-order chi connectivity index (χ0) is 13.1. The molecule has 18 heavy (non-hydrogen) atoms. The van der Waals surface area contributed by atoms with Crippen LogP contribution < -0.4 is 10.6 Å². The lowest BCUT2D eigenvalue weighted by molar-refractivity contribution is 0.680. The second-order valence-electron chi connectivity index (χ2n) is 4.24. The van der Waals surface area contributed by atoms with Gasteiger partial charge in [-0.3, -0.25) is 0 Å². The molecule has 0 amide bonds. The van der Waals surface area contributed by atoms with E-state index in [4.69, 9.17) is 11.0 Å². The predicted molar refractivity (Wildman–Crippen MR) is 74.5 cm³/mol. The monoisotopic (exact) mass is 261 g/mol. The first-order chi connectivity index (χ1) is 8.63. The molecule has 0 aliphatic carbocycles. The highest BCUT2D eigenvalue weighted by molar-refractivity contribution is 7.16. The Kier molecular flexibility index (Phi) is 3.63. The van der Waals surface area contributed by atoms with Gasteiger partial charge in [0.2, 0.25) is 5.95 Å². The number of hydrogen-bond donors (Lipinski definition) is 1. The van der Waals surface area contributed by atoms with E-state index in [2.05, 4.69) is 34.8 Å². The second kappa shape index (κ2) is 5.19. The number of nitrogens with two attached hydrogens (primary N) is 1. The van der Waals surface area contributed by atoms with Crippen LogP contribution >= 0.6 is 11.3 Å². The Morgan fingerprint density at radius 3 is 2.94 bits per heavy atom. The molecule has 2 heterocycles. The van der Waals surface area contributed by atoms with Gasteiger partial charge >= 0.3 is 0 Å². The van der Waals surface area contributed by atoms with Crippen LogP contribution in [0.1, 0.15) is 20.3 Å². The summed E-state index contributed by atoms with van der Waals surface area (Å²) in [5.41, 5.74) is 5.74. The van der Waals surface area contributed by atoms with E-state index >= 15 is 0 Å². The minimum atomic E-state index is 0.260. The Morgan fingerprint density at radius 2 is 2.28 bits per heavy atom. The van der Waals surface area contributed by atoms with Gasteiger partial charge < -0.3 is 10.6 Å². The molecule has 6 heteroatoms. The molecular formula is C12H15N5S. The van der Waals surface area contributed by atoms with Crippen LogP contribution in [-0.4, -0.2) is 22.6 Å². The maximum absolute atomic E-state index is 8.74. The fourth-order valence-corrected chi connectivity index (χ4v) is 2.62. The molecule has 0 fully saturated rings. The van der Waals surface area contributed by atoms with Crippen LogP contribution in [0.2, 0.25) is 0 Å². The van der Waals surface area contributed by atoms with Crippen molar-refractivity contribution >= 4 is 33.3 Å². The number of anilines is 2. The van der Waals surface area contributed by atoms with Crippen molar-refractivity contribution in [1.82, 2.24) is 9.97 Å². The third-order valence-corrected chi connectivity index (χ3v) is 3.49. The Morgan fingerprint density at radius 1 is 1.50 bits per heavy atom. The smallest absolute Gasteiger partial charge is 0.223 e. The molecule has 0 radical (unpaired) electrons. The first-order valence-corrected chi connectivity index (χ1v) is 6.65. The van der Waals surface area contributed by atoms with Crippen molar-refractivity contribution < 1.29 is 0 Å². The van der Waals surface area contributed by atoms with Gasteiger partial charge in [-0.05, 0) is 25.3 Å². The Balaban J connectivity index is 2.49. The van der Waals surface area contributed by atoms with Gasteiger partial charge in [0.25, 0.3) is 0 Å². The Labute approximate surface area is 110 Å². The minimum Gasteiger partial charge on any atom is -0.368 e. The summed E-state index contributed by atoms with van der Waals surface area (Å²) >= 11 is 1.55. The summed E-state index contributed by atoms with van der Waals surface area (Å²) in [4.78, 5) is 11.5. The first kappa shape index (κ1) is 12.6. The summed E-state index contributed by atoms with van der Waals surface area (Å²) in [5, 5.41) is 11.7. The molecule has 2 N–H and O–H groups in total. The fraction of sp³-hybridized carbons (Fsp3) is 0.417. The second-order valence-corrected chi connectivity index (χ2v) is 5.13. The van der Waals surface area contributed by atoms with Crippen LogP contribution in [0, 0.1) is 11.3 Å². The highest BCUT2D eigenvalue weighted by Crippen LogP contribution is 2.29. The molecule has 2 aromatic rings. The summed E-state index contributed by atoms with van der Waals surface area (Å²) < 4.78 is 0. The molecule has 5 nitrogen and oxygen atoms in total. The topological polar surface area (TPSA) is 78.8 Å². The molecule has 0 saturated heterocycles. The fourth-order valence-electron chi connectivity index (χ4n) is 1.85. The quantitative estimate of drug-likeness (QED) is 0.914. The average molecular weight is 261 g/mol. The summed E-state index contributed by atoms with van der Waals surface area (Å²) in [7, 11) is 0. The van der Waals surface area contributed by atoms with Crippen LogP contribution in [0.15, 0.2) is 11.4 Å². The number of rotatable bonds is 4. The van der Waals surface area contributed by atoms with E-state index in [9.17, 15) is 0 Å². The minimum absolute atomic E-state index is 0.260. The lowest BCUT2D eigenvalue weighted by atomic mass is 10.2. The zero-order valence-corrected chi connectivity index (χ0v) is 11.2. The van der Waals surface area contributed by atoms with Crippen molar-refractivity contribution in [2.75, 3.05) is 17.2 Å². The lowest BCUT2D eigenvalue weighted by Gasteiger charge is -2.27. The maximum atomic E-state index is 8.74. The predicted octanol–water partition coefficient (Wildman–Crippen LogP) is 2.40. The number of nitrogens with zero attached hydrogens (tertiary/aromatic N) is 4. The van der Waals surface area contributed by atoms with Crippen LogP contribution in [0.3, 0.4) is 0 Å². The van der Waals surface area contributed by atoms with E-state index in [0.29, 0.717) is 13.0 Å². The summed E-state index contributed by atoms with van der Waals surface area (Å²) in [6, 6.07) is 4.42. The van der Waals surface area contributed by atoms with Gasteiger partial charge in [-0.25, -0.2) is 4.98 Å². The number of nitriles is 1. The van der Waals surface area contributed by atoms with E-state index in [1.165, 1.54) is 0 Å². The third-order valence-electron chi connectivity index (χ3n) is 2.68. The van der Waals surface area contributed by atoms with Crippen LogP contribution in [0.5, 0.6) is 0 Å². The van der Waals surface area contributed by atoms with Gasteiger partial charge in [-0.15, -0.1) is 11.3 Å². The van der Waals surface area contributed by atoms with Gasteiger partial charge in [-0.2, -0.15) is 10.2 Å². The first-order valence-electron chi connectivity index (χ1n) is 5.77. The molecule has 0 unspecified atom stereocenters. The molecule has 0 aliphatic rings. The molecule has 0 aromatic carbocycles. The zero-order valence-electron chi connectivity index (χ0n) is 10.4. The highest BCUT2D eigenvalue weighted by Gasteiger charge is 2.17. The maximum Gasteiger partial charge on any atom is 0.223 e. The SMILES string of the molecule is CC(C)N(CCC#N)c1nc(N)nc2sccc12. The normalized spacial score (nSPS) is 10.8. The molecule has 0 saturated carbocycles. The van der Waals surface area contributed by atoms with E-state index in [1.807, 2.05) is 11.4 Å². The van der Waals surface area contributed by atoms with Gasteiger partial charge in [0, 0.05) is 12.6 Å². The van der Waals surface area contributed by atoms with E-state index in [0.717, 1.165) is 16.0 Å². The number of fused-ring (bicyclic) bond motifs is 1. The van der Waals surface area contributed by atoms with Crippen LogP contribution in [-0.2, 0) is 0 Å². The highest BCUT2D eigenvalue weighted by atomic mass is 32.1. The Hall–Kier alpha value is -1.87. The van der Waals surface area contributed by atoms with Crippen LogP contribution in [0.25, 0.3) is 10.2 Å². The average Bonchev–Trinajstić information content (AvgIpc) is 2.76. The molecule has 2 rings (SSSR count). The van der Waals surface area contributed by atoms with E-state index < -0.39 is 0 Å².